The molecule has 1 aromatic heterocycles. The Bertz CT molecular complexity index is 732. The molecule has 2 rings (SSSR count). The SMILES string of the molecule is COc1cccc(NC(N)=NCCCNc2ccc(C(F)(F)F)cn2)c1. The zero-order valence-corrected chi connectivity index (χ0v) is 14.2. The van der Waals surface area contributed by atoms with Crippen LogP contribution in [0, 0.1) is 0 Å². The highest BCUT2D eigenvalue weighted by atomic mass is 19.4. The maximum Gasteiger partial charge on any atom is 0.417 e. The van der Waals surface area contributed by atoms with Crippen molar-refractivity contribution in [2.75, 3.05) is 30.8 Å². The maximum atomic E-state index is 12.4. The number of halogens is 3. The fourth-order valence-electron chi connectivity index (χ4n) is 2.05. The van der Waals surface area contributed by atoms with Crippen molar-refractivity contribution in [3.63, 3.8) is 0 Å². The van der Waals surface area contributed by atoms with E-state index >= 15 is 0 Å². The highest BCUT2D eigenvalue weighted by Crippen LogP contribution is 2.28. The van der Waals surface area contributed by atoms with E-state index in [4.69, 9.17) is 10.5 Å². The summed E-state index contributed by atoms with van der Waals surface area (Å²) in [5.41, 5.74) is 5.79. The highest BCUT2D eigenvalue weighted by Gasteiger charge is 2.30. The molecule has 0 spiro atoms. The number of pyridine rings is 1. The number of guanidine groups is 1. The number of methoxy groups -OCH3 is 1. The van der Waals surface area contributed by atoms with Crippen molar-refractivity contribution in [3.05, 3.63) is 48.2 Å². The summed E-state index contributed by atoms with van der Waals surface area (Å²) in [7, 11) is 1.58. The minimum Gasteiger partial charge on any atom is -0.497 e. The van der Waals surface area contributed by atoms with Crippen LogP contribution in [0.25, 0.3) is 0 Å². The van der Waals surface area contributed by atoms with Gasteiger partial charge in [0.25, 0.3) is 0 Å². The predicted octanol–water partition coefficient (Wildman–Crippen LogP) is 3.34. The second-order valence-electron chi connectivity index (χ2n) is 5.33. The molecule has 140 valence electrons. The molecular weight excluding hydrogens is 347 g/mol. The maximum absolute atomic E-state index is 12.4. The van der Waals surface area contributed by atoms with Gasteiger partial charge in [0, 0.05) is 31.0 Å². The molecule has 1 heterocycles. The van der Waals surface area contributed by atoms with Gasteiger partial charge in [0.05, 0.1) is 12.7 Å². The van der Waals surface area contributed by atoms with Gasteiger partial charge in [-0.05, 0) is 30.7 Å². The number of nitrogens with one attached hydrogen (secondary N) is 2. The van der Waals surface area contributed by atoms with Gasteiger partial charge in [0.2, 0.25) is 0 Å². The fourth-order valence-corrected chi connectivity index (χ4v) is 2.05. The lowest BCUT2D eigenvalue weighted by Crippen LogP contribution is -2.23. The minimum absolute atomic E-state index is 0.269. The quantitative estimate of drug-likeness (QED) is 0.397. The molecule has 0 aliphatic carbocycles. The fraction of sp³-hybridized carbons (Fsp3) is 0.294. The summed E-state index contributed by atoms with van der Waals surface area (Å²) in [6, 6.07) is 9.56. The van der Waals surface area contributed by atoms with E-state index in [1.54, 1.807) is 13.2 Å². The molecule has 0 atom stereocenters. The van der Waals surface area contributed by atoms with Gasteiger partial charge in [0.1, 0.15) is 11.6 Å². The number of hydrogen-bond donors (Lipinski definition) is 3. The second-order valence-corrected chi connectivity index (χ2v) is 5.33. The number of ether oxygens (including phenoxy) is 1. The first-order valence-corrected chi connectivity index (χ1v) is 7.86. The first kappa shape index (κ1) is 19.4. The third-order valence-corrected chi connectivity index (χ3v) is 3.36. The molecule has 0 saturated carbocycles. The number of aliphatic imine (C=N–C) groups is 1. The summed E-state index contributed by atoms with van der Waals surface area (Å²) in [4.78, 5) is 7.92. The average Bonchev–Trinajstić information content (AvgIpc) is 2.61. The van der Waals surface area contributed by atoms with Crippen molar-refractivity contribution in [2.24, 2.45) is 10.7 Å². The summed E-state index contributed by atoms with van der Waals surface area (Å²) >= 11 is 0. The number of alkyl halides is 3. The van der Waals surface area contributed by atoms with Gasteiger partial charge >= 0.3 is 6.18 Å². The lowest BCUT2D eigenvalue weighted by atomic mass is 10.3. The molecule has 0 aliphatic rings. The molecule has 6 nitrogen and oxygen atoms in total. The summed E-state index contributed by atoms with van der Waals surface area (Å²) in [5, 5.41) is 5.89. The van der Waals surface area contributed by atoms with E-state index in [9.17, 15) is 13.2 Å². The van der Waals surface area contributed by atoms with Crippen molar-refractivity contribution in [2.45, 2.75) is 12.6 Å². The molecule has 26 heavy (non-hydrogen) atoms. The van der Waals surface area contributed by atoms with Gasteiger partial charge < -0.3 is 21.1 Å². The minimum atomic E-state index is -4.38. The third-order valence-electron chi connectivity index (χ3n) is 3.36. The van der Waals surface area contributed by atoms with Gasteiger partial charge in [-0.15, -0.1) is 0 Å². The lowest BCUT2D eigenvalue weighted by Gasteiger charge is -2.09. The Morgan fingerprint density at radius 2 is 2.08 bits per heavy atom. The van der Waals surface area contributed by atoms with Gasteiger partial charge in [0.15, 0.2) is 5.96 Å². The molecule has 9 heteroatoms. The normalized spacial score (nSPS) is 11.9. The van der Waals surface area contributed by atoms with Crippen LogP contribution in [0.4, 0.5) is 24.7 Å². The van der Waals surface area contributed by atoms with E-state index in [0.717, 1.165) is 18.0 Å². The van der Waals surface area contributed by atoms with Crippen LogP contribution in [0.2, 0.25) is 0 Å². The molecular formula is C17H20F3N5O. The van der Waals surface area contributed by atoms with E-state index in [1.165, 1.54) is 6.07 Å². The smallest absolute Gasteiger partial charge is 0.417 e. The monoisotopic (exact) mass is 367 g/mol. The van der Waals surface area contributed by atoms with Crippen molar-refractivity contribution < 1.29 is 17.9 Å². The largest absolute Gasteiger partial charge is 0.497 e. The second kappa shape index (κ2) is 8.93. The summed E-state index contributed by atoms with van der Waals surface area (Å²) in [5.74, 6) is 1.35. The van der Waals surface area contributed by atoms with Gasteiger partial charge in [-0.3, -0.25) is 4.99 Å². The van der Waals surface area contributed by atoms with Crippen LogP contribution in [-0.2, 0) is 6.18 Å². The Morgan fingerprint density at radius 1 is 1.27 bits per heavy atom. The zero-order chi connectivity index (χ0) is 19.0. The number of anilines is 2. The number of benzene rings is 1. The number of hydrogen-bond acceptors (Lipinski definition) is 4. The van der Waals surface area contributed by atoms with Crippen molar-refractivity contribution in [1.82, 2.24) is 4.98 Å². The van der Waals surface area contributed by atoms with E-state index in [2.05, 4.69) is 20.6 Å². The Morgan fingerprint density at radius 3 is 2.73 bits per heavy atom. The van der Waals surface area contributed by atoms with Crippen LogP contribution in [-0.4, -0.2) is 31.1 Å². The first-order valence-electron chi connectivity index (χ1n) is 7.86. The van der Waals surface area contributed by atoms with Crippen LogP contribution in [0.3, 0.4) is 0 Å². The molecule has 0 amide bonds. The Hall–Kier alpha value is -2.97. The summed E-state index contributed by atoms with van der Waals surface area (Å²) < 4.78 is 42.5. The summed E-state index contributed by atoms with van der Waals surface area (Å²) in [6.07, 6.45) is -2.94. The van der Waals surface area contributed by atoms with Crippen LogP contribution >= 0.6 is 0 Å². The standard InChI is InChI=1S/C17H20F3N5O/c1-26-14-5-2-4-13(10-14)25-16(21)23-9-3-8-22-15-7-6-12(11-24-15)17(18,19)20/h2,4-7,10-11H,3,8-9H2,1H3,(H,22,24)(H3,21,23,25). The molecule has 0 unspecified atom stereocenters. The average molecular weight is 367 g/mol. The van der Waals surface area contributed by atoms with E-state index < -0.39 is 11.7 Å². The highest BCUT2D eigenvalue weighted by molar-refractivity contribution is 5.92. The van der Waals surface area contributed by atoms with Gasteiger partial charge in [-0.25, -0.2) is 4.98 Å². The van der Waals surface area contributed by atoms with Gasteiger partial charge in [-0.1, -0.05) is 6.07 Å². The molecule has 4 N–H and O–H groups in total. The van der Waals surface area contributed by atoms with Crippen LogP contribution in [0.5, 0.6) is 5.75 Å². The number of aromatic nitrogens is 1. The first-order chi connectivity index (χ1) is 12.4. The number of nitrogens with two attached hydrogens (primary N) is 1. The molecule has 0 saturated heterocycles. The van der Waals surface area contributed by atoms with Gasteiger partial charge in [-0.2, -0.15) is 13.2 Å². The van der Waals surface area contributed by atoms with Crippen LogP contribution in [0.1, 0.15) is 12.0 Å². The zero-order valence-electron chi connectivity index (χ0n) is 14.2. The Labute approximate surface area is 149 Å². The van der Waals surface area contributed by atoms with Crippen LogP contribution in [0.15, 0.2) is 47.6 Å². The number of rotatable bonds is 7. The van der Waals surface area contributed by atoms with Crippen molar-refractivity contribution >= 4 is 17.5 Å². The Balaban J connectivity index is 1.73. The van der Waals surface area contributed by atoms with E-state index in [-0.39, 0.29) is 5.96 Å². The molecule has 0 aliphatic heterocycles. The Kier molecular flexibility index (Phi) is 6.65. The molecule has 0 bridgehead atoms. The van der Waals surface area contributed by atoms with E-state index in [1.807, 2.05) is 18.2 Å². The van der Waals surface area contributed by atoms with E-state index in [0.29, 0.717) is 31.1 Å². The molecule has 0 radical (unpaired) electrons. The van der Waals surface area contributed by atoms with Crippen LogP contribution < -0.4 is 21.1 Å². The topological polar surface area (TPSA) is 84.6 Å². The summed E-state index contributed by atoms with van der Waals surface area (Å²) in [6.45, 7) is 0.963. The van der Waals surface area contributed by atoms with Crippen molar-refractivity contribution in [3.8, 4) is 5.75 Å². The number of nitrogens with zero attached hydrogens (tertiary/aromatic N) is 2. The predicted molar refractivity (Wildman–Crippen MR) is 95.5 cm³/mol. The lowest BCUT2D eigenvalue weighted by molar-refractivity contribution is -0.137. The molecule has 0 fully saturated rings. The van der Waals surface area contributed by atoms with Crippen molar-refractivity contribution in [1.29, 1.82) is 0 Å². The molecule has 1 aromatic carbocycles. The third kappa shape index (κ3) is 6.15. The molecule has 2 aromatic rings.